The summed E-state index contributed by atoms with van der Waals surface area (Å²) in [5.74, 6) is 0.234. The number of fused-ring (bicyclic) bond motifs is 2. The van der Waals surface area contributed by atoms with E-state index in [1.807, 2.05) is 22.6 Å². The Morgan fingerprint density at radius 2 is 2.19 bits per heavy atom. The van der Waals surface area contributed by atoms with Gasteiger partial charge in [0.2, 0.25) is 0 Å². The second kappa shape index (κ2) is 4.01. The Balaban J connectivity index is 1.85. The Hall–Kier alpha value is -1.08. The van der Waals surface area contributed by atoms with Crippen molar-refractivity contribution in [1.82, 2.24) is 19.5 Å². The van der Waals surface area contributed by atoms with Crippen LogP contribution in [0.3, 0.4) is 0 Å². The molecule has 10 heteroatoms. The van der Waals surface area contributed by atoms with Crippen LogP contribution in [0.5, 0.6) is 0 Å². The molecule has 4 rings (SSSR count). The molecule has 21 heavy (non-hydrogen) atoms. The Morgan fingerprint density at radius 3 is 2.86 bits per heavy atom. The van der Waals surface area contributed by atoms with Crippen LogP contribution in [0, 0.1) is 3.83 Å². The van der Waals surface area contributed by atoms with Crippen molar-refractivity contribution >= 4 is 39.6 Å². The summed E-state index contributed by atoms with van der Waals surface area (Å²) in [5, 5.41) is 30.1. The molecule has 0 spiro atoms. The molecule has 1 aliphatic heterocycles. The van der Waals surface area contributed by atoms with E-state index in [2.05, 4.69) is 15.0 Å². The van der Waals surface area contributed by atoms with Gasteiger partial charge < -0.3 is 25.8 Å². The second-order valence-corrected chi connectivity index (χ2v) is 6.35. The molecule has 4 atom stereocenters. The van der Waals surface area contributed by atoms with Crippen LogP contribution in [-0.4, -0.2) is 58.8 Å². The number of aliphatic hydroxyl groups excluding tert-OH is 1. The highest BCUT2D eigenvalue weighted by molar-refractivity contribution is 14.1. The first-order valence-corrected chi connectivity index (χ1v) is 7.35. The smallest absolute Gasteiger partial charge is 0.194 e. The number of aromatic nitrogens is 4. The zero-order valence-corrected chi connectivity index (χ0v) is 12.8. The molecule has 112 valence electrons. The Bertz CT molecular complexity index is 754. The van der Waals surface area contributed by atoms with Crippen LogP contribution >= 0.6 is 22.6 Å². The second-order valence-electron chi connectivity index (χ2n) is 5.39. The van der Waals surface area contributed by atoms with Gasteiger partial charge in [0.1, 0.15) is 22.8 Å². The van der Waals surface area contributed by atoms with Gasteiger partial charge in [-0.05, 0) is 0 Å². The number of hydrogen-bond acceptors (Lipinski definition) is 8. The maximum Gasteiger partial charge on any atom is 0.194 e. The maximum absolute atomic E-state index is 10.5. The van der Waals surface area contributed by atoms with Gasteiger partial charge in [-0.15, -0.1) is 0 Å². The monoisotopic (exact) mass is 405 g/mol. The number of halogens is 1. The van der Waals surface area contributed by atoms with Crippen LogP contribution in [0.4, 0.5) is 5.82 Å². The SMILES string of the molecule is Nc1nc(I)nc2c1ncn2[C@@H]1O[C@H](CO)[C@@]2(O)C[C@@]12O. The molecule has 0 aromatic carbocycles. The van der Waals surface area contributed by atoms with Gasteiger partial charge in [0.15, 0.2) is 21.5 Å². The van der Waals surface area contributed by atoms with Crippen molar-refractivity contribution in [3.05, 3.63) is 10.2 Å². The average molecular weight is 405 g/mol. The van der Waals surface area contributed by atoms with E-state index in [1.54, 1.807) is 0 Å². The third-order valence-corrected chi connectivity index (χ3v) is 4.72. The van der Waals surface area contributed by atoms with Crippen LogP contribution in [0.1, 0.15) is 12.6 Å². The molecule has 0 radical (unpaired) electrons. The number of hydrogen-bond donors (Lipinski definition) is 4. The highest BCUT2D eigenvalue weighted by Crippen LogP contribution is 2.63. The minimum atomic E-state index is -1.46. The molecule has 1 saturated heterocycles. The third kappa shape index (κ3) is 1.56. The number of imidazole rings is 1. The maximum atomic E-state index is 10.5. The van der Waals surface area contributed by atoms with Gasteiger partial charge in [-0.25, -0.2) is 15.0 Å². The summed E-state index contributed by atoms with van der Waals surface area (Å²) in [7, 11) is 0. The molecule has 3 heterocycles. The molecule has 2 aromatic heterocycles. The zero-order chi connectivity index (χ0) is 15.0. The topological polar surface area (TPSA) is 140 Å². The van der Waals surface area contributed by atoms with Gasteiger partial charge in [-0.1, -0.05) is 0 Å². The summed E-state index contributed by atoms with van der Waals surface area (Å²) < 4.78 is 7.54. The van der Waals surface area contributed by atoms with Crippen LogP contribution in [0.25, 0.3) is 11.2 Å². The van der Waals surface area contributed by atoms with Gasteiger partial charge in [0.25, 0.3) is 0 Å². The lowest BCUT2D eigenvalue weighted by Crippen LogP contribution is -2.33. The first-order valence-electron chi connectivity index (χ1n) is 6.27. The van der Waals surface area contributed by atoms with Crippen molar-refractivity contribution in [2.75, 3.05) is 12.3 Å². The fraction of sp³-hybridized carbons (Fsp3) is 0.545. The molecule has 0 bridgehead atoms. The number of aliphatic hydroxyl groups is 3. The predicted molar refractivity (Wildman–Crippen MR) is 78.0 cm³/mol. The van der Waals surface area contributed by atoms with E-state index in [0.29, 0.717) is 15.0 Å². The molecule has 2 aliphatic rings. The van der Waals surface area contributed by atoms with E-state index >= 15 is 0 Å². The number of anilines is 1. The van der Waals surface area contributed by atoms with Crippen LogP contribution in [0.15, 0.2) is 6.33 Å². The van der Waals surface area contributed by atoms with Gasteiger partial charge in [-0.2, -0.15) is 0 Å². The molecule has 1 saturated carbocycles. The van der Waals surface area contributed by atoms with Crippen molar-refractivity contribution in [2.45, 2.75) is 30.0 Å². The molecular weight excluding hydrogens is 393 g/mol. The lowest BCUT2D eigenvalue weighted by molar-refractivity contribution is -0.0938. The van der Waals surface area contributed by atoms with Crippen molar-refractivity contribution < 1.29 is 20.1 Å². The first kappa shape index (κ1) is 13.6. The quantitative estimate of drug-likeness (QED) is 0.360. The van der Waals surface area contributed by atoms with Crippen molar-refractivity contribution in [1.29, 1.82) is 0 Å². The molecule has 2 aromatic rings. The Labute approximate surface area is 131 Å². The number of nitrogen functional groups attached to an aromatic ring is 1. The summed E-state index contributed by atoms with van der Waals surface area (Å²) in [6, 6.07) is 0. The Kier molecular flexibility index (Phi) is 2.59. The predicted octanol–water partition coefficient (Wildman–Crippen LogP) is -1.23. The van der Waals surface area contributed by atoms with Gasteiger partial charge in [-0.3, -0.25) is 4.57 Å². The van der Waals surface area contributed by atoms with Gasteiger partial charge in [0, 0.05) is 29.0 Å². The van der Waals surface area contributed by atoms with E-state index in [-0.39, 0.29) is 18.8 Å². The normalized spacial score (nSPS) is 37.9. The molecule has 0 amide bonds. The number of rotatable bonds is 2. The van der Waals surface area contributed by atoms with Crippen molar-refractivity contribution in [3.8, 4) is 0 Å². The lowest BCUT2D eigenvalue weighted by atomic mass is 10.1. The minimum absolute atomic E-state index is 0.132. The summed E-state index contributed by atoms with van der Waals surface area (Å²) >= 11 is 1.93. The number of nitrogens with zero attached hydrogens (tertiary/aromatic N) is 4. The largest absolute Gasteiger partial charge is 0.394 e. The molecule has 0 unspecified atom stereocenters. The molecule has 5 N–H and O–H groups in total. The van der Waals surface area contributed by atoms with Crippen LogP contribution in [-0.2, 0) is 4.74 Å². The van der Waals surface area contributed by atoms with Crippen molar-refractivity contribution in [3.63, 3.8) is 0 Å². The fourth-order valence-electron chi connectivity index (χ4n) is 3.01. The van der Waals surface area contributed by atoms with E-state index in [1.165, 1.54) is 10.9 Å². The highest BCUT2D eigenvalue weighted by Gasteiger charge is 2.80. The molecule has 1 aliphatic carbocycles. The Morgan fingerprint density at radius 1 is 1.43 bits per heavy atom. The van der Waals surface area contributed by atoms with E-state index < -0.39 is 23.5 Å². The van der Waals surface area contributed by atoms with Gasteiger partial charge in [0.05, 0.1) is 12.9 Å². The van der Waals surface area contributed by atoms with Crippen LogP contribution < -0.4 is 5.73 Å². The first-order chi connectivity index (χ1) is 9.90. The van der Waals surface area contributed by atoms with E-state index in [9.17, 15) is 15.3 Å². The summed E-state index contributed by atoms with van der Waals surface area (Å²) in [4.78, 5) is 12.4. The fourth-order valence-corrected chi connectivity index (χ4v) is 3.50. The zero-order valence-electron chi connectivity index (χ0n) is 10.6. The van der Waals surface area contributed by atoms with E-state index in [0.717, 1.165) is 0 Å². The van der Waals surface area contributed by atoms with Crippen LogP contribution in [0.2, 0.25) is 0 Å². The molecule has 9 nitrogen and oxygen atoms in total. The van der Waals surface area contributed by atoms with E-state index in [4.69, 9.17) is 10.5 Å². The molecular formula is C11H12IN5O4. The number of ether oxygens (including phenoxy) is 1. The van der Waals surface area contributed by atoms with Gasteiger partial charge >= 0.3 is 0 Å². The number of nitrogens with two attached hydrogens (primary N) is 1. The summed E-state index contributed by atoms with van der Waals surface area (Å²) in [6.07, 6.45) is -0.155. The summed E-state index contributed by atoms with van der Waals surface area (Å²) in [6.45, 7) is -0.378. The standard InChI is InChI=1S/C11H12IN5O4/c12-9-15-6(13)5-7(16-9)17(3-14-5)8-11(20)2-10(11,19)4(1-18)21-8/h3-4,8,18-20H,1-2H2,(H2,13,15,16)/t4-,8-,10+,11-/m1/s1. The third-order valence-electron chi connectivity index (χ3n) is 4.24. The summed E-state index contributed by atoms with van der Waals surface area (Å²) in [5.41, 5.74) is 3.72. The molecule has 2 fully saturated rings. The van der Waals surface area contributed by atoms with Crippen molar-refractivity contribution in [2.24, 2.45) is 0 Å². The highest BCUT2D eigenvalue weighted by atomic mass is 127. The average Bonchev–Trinajstić information content (AvgIpc) is 2.73. The lowest BCUT2D eigenvalue weighted by Gasteiger charge is -2.20. The minimum Gasteiger partial charge on any atom is -0.394 e.